The summed E-state index contributed by atoms with van der Waals surface area (Å²) >= 11 is 1.59. The van der Waals surface area contributed by atoms with Gasteiger partial charge in [0, 0.05) is 49.8 Å². The lowest BCUT2D eigenvalue weighted by Gasteiger charge is -2.29. The van der Waals surface area contributed by atoms with Crippen LogP contribution >= 0.6 is 11.3 Å². The minimum atomic E-state index is -4.54. The number of aryl methyl sites for hydroxylation is 1. The van der Waals surface area contributed by atoms with E-state index in [0.29, 0.717) is 18.1 Å². The summed E-state index contributed by atoms with van der Waals surface area (Å²) in [5.74, 6) is 0.538. The smallest absolute Gasteiger partial charge is 0.424 e. The Morgan fingerprint density at radius 2 is 1.79 bits per heavy atom. The highest BCUT2D eigenvalue weighted by Crippen LogP contribution is 2.36. The highest BCUT2D eigenvalue weighted by Gasteiger charge is 2.39. The molecule has 0 atom stereocenters. The average Bonchev–Trinajstić information content (AvgIpc) is 3.53. The lowest BCUT2D eigenvalue weighted by atomic mass is 10.2. The zero-order valence-electron chi connectivity index (χ0n) is 20.8. The molecule has 1 aromatic carbocycles. The number of nitrogens with zero attached hydrogens (tertiary/aromatic N) is 7. The van der Waals surface area contributed by atoms with Gasteiger partial charge in [0.05, 0.1) is 11.9 Å². The van der Waals surface area contributed by atoms with Crippen molar-refractivity contribution in [1.82, 2.24) is 30.0 Å². The molecule has 200 valence electrons. The van der Waals surface area contributed by atoms with Gasteiger partial charge in [-0.3, -0.25) is 0 Å². The molecule has 2 aliphatic rings. The predicted molar refractivity (Wildman–Crippen MR) is 139 cm³/mol. The molecule has 4 aromatic rings. The molecule has 0 saturated carbocycles. The minimum absolute atomic E-state index is 0.109. The van der Waals surface area contributed by atoms with Gasteiger partial charge < -0.3 is 24.4 Å². The summed E-state index contributed by atoms with van der Waals surface area (Å²) in [6.07, 6.45) is -2.64. The Hall–Kier alpha value is -3.45. The Bertz CT molecular complexity index is 1430. The summed E-state index contributed by atoms with van der Waals surface area (Å²) in [7, 11) is 0. The number of fused-ring (bicyclic) bond motifs is 2. The van der Waals surface area contributed by atoms with Crippen LogP contribution in [-0.2, 0) is 25.7 Å². The minimum Gasteiger partial charge on any atom is -0.424 e. The molecular weight excluding hydrogens is 517 g/mol. The number of thiophene rings is 1. The number of halogens is 3. The summed E-state index contributed by atoms with van der Waals surface area (Å²) in [5.41, 5.74) is 1.13. The van der Waals surface area contributed by atoms with Gasteiger partial charge in [0.2, 0.25) is 5.82 Å². The molecule has 0 bridgehead atoms. The first-order valence-corrected chi connectivity index (χ1v) is 13.5. The van der Waals surface area contributed by atoms with E-state index in [1.54, 1.807) is 11.3 Å². The van der Waals surface area contributed by atoms with Crippen molar-refractivity contribution in [3.63, 3.8) is 0 Å². The van der Waals surface area contributed by atoms with Crippen LogP contribution in [0, 0.1) is 0 Å². The van der Waals surface area contributed by atoms with Crippen molar-refractivity contribution in [2.75, 3.05) is 42.5 Å². The van der Waals surface area contributed by atoms with E-state index in [0.717, 1.165) is 59.5 Å². The molecule has 0 spiro atoms. The van der Waals surface area contributed by atoms with Crippen LogP contribution in [0.2, 0.25) is 0 Å². The van der Waals surface area contributed by atoms with Gasteiger partial charge >= 0.3 is 12.2 Å². The molecular formula is C25H27F3N8OS. The number of aromatic nitrogens is 5. The number of alkyl halides is 3. The normalized spacial score (nSPS) is 16.2. The van der Waals surface area contributed by atoms with Crippen molar-refractivity contribution in [3.05, 3.63) is 46.9 Å². The molecule has 13 heteroatoms. The first-order valence-electron chi connectivity index (χ1n) is 12.7. The number of rotatable bonds is 6. The van der Waals surface area contributed by atoms with E-state index in [-0.39, 0.29) is 24.9 Å². The van der Waals surface area contributed by atoms with Crippen LogP contribution < -0.4 is 19.9 Å². The second-order valence-corrected chi connectivity index (χ2v) is 10.5. The number of nitrogens with one attached hydrogen (secondary N) is 1. The van der Waals surface area contributed by atoms with Gasteiger partial charge in [0.1, 0.15) is 16.4 Å². The van der Waals surface area contributed by atoms with E-state index in [9.17, 15) is 13.2 Å². The second-order valence-electron chi connectivity index (χ2n) is 9.36. The van der Waals surface area contributed by atoms with Crippen molar-refractivity contribution >= 4 is 33.1 Å². The van der Waals surface area contributed by atoms with Gasteiger partial charge in [-0.15, -0.1) is 21.5 Å². The average molecular weight is 545 g/mol. The second kappa shape index (κ2) is 10.0. The van der Waals surface area contributed by atoms with Gasteiger partial charge in [-0.2, -0.15) is 23.1 Å². The molecule has 0 aliphatic carbocycles. The topological polar surface area (TPSA) is 84.2 Å². The summed E-state index contributed by atoms with van der Waals surface area (Å²) in [5, 5.41) is 11.4. The highest BCUT2D eigenvalue weighted by molar-refractivity contribution is 7.18. The molecule has 9 nitrogen and oxygen atoms in total. The Morgan fingerprint density at radius 1 is 1.00 bits per heavy atom. The van der Waals surface area contributed by atoms with E-state index in [1.165, 1.54) is 4.88 Å². The zero-order chi connectivity index (χ0) is 26.3. The lowest BCUT2D eigenvalue weighted by Crippen LogP contribution is -2.43. The van der Waals surface area contributed by atoms with Gasteiger partial charge in [0.25, 0.3) is 0 Å². The van der Waals surface area contributed by atoms with Gasteiger partial charge in [-0.05, 0) is 36.8 Å². The summed E-state index contributed by atoms with van der Waals surface area (Å²) in [4.78, 5) is 15.6. The monoisotopic (exact) mass is 544 g/mol. The lowest BCUT2D eigenvalue weighted by molar-refractivity contribution is -0.147. The number of hydrogen-bond acceptors (Lipinski definition) is 9. The fourth-order valence-electron chi connectivity index (χ4n) is 4.90. The maximum Gasteiger partial charge on any atom is 0.451 e. The molecule has 0 unspecified atom stereocenters. The Balaban J connectivity index is 1.30. The molecule has 1 fully saturated rings. The van der Waals surface area contributed by atoms with Crippen LogP contribution in [0.25, 0.3) is 10.2 Å². The molecule has 5 heterocycles. The molecule has 2 aliphatic heterocycles. The maximum atomic E-state index is 13.3. The Labute approximate surface area is 221 Å². The van der Waals surface area contributed by atoms with E-state index < -0.39 is 12.0 Å². The highest BCUT2D eigenvalue weighted by atomic mass is 32.1. The van der Waals surface area contributed by atoms with Crippen molar-refractivity contribution in [3.8, 4) is 11.8 Å². The van der Waals surface area contributed by atoms with Crippen molar-refractivity contribution in [2.24, 2.45) is 0 Å². The van der Waals surface area contributed by atoms with Crippen LogP contribution in [0.1, 0.15) is 29.9 Å². The van der Waals surface area contributed by atoms with Gasteiger partial charge in [-0.25, -0.2) is 0 Å². The van der Waals surface area contributed by atoms with E-state index in [1.807, 2.05) is 29.2 Å². The summed E-state index contributed by atoms with van der Waals surface area (Å²) in [6.45, 7) is 6.54. The van der Waals surface area contributed by atoms with Crippen LogP contribution in [-0.4, -0.2) is 57.5 Å². The van der Waals surface area contributed by atoms with Gasteiger partial charge in [-0.1, -0.05) is 13.3 Å². The quantitative estimate of drug-likeness (QED) is 0.381. The number of benzene rings is 1. The zero-order valence-corrected chi connectivity index (χ0v) is 21.6. The fourth-order valence-corrected chi connectivity index (χ4v) is 6.01. The molecule has 1 saturated heterocycles. The molecule has 1 N–H and O–H groups in total. The number of ether oxygens (including phenoxy) is 1. The first-order chi connectivity index (χ1) is 18.4. The largest absolute Gasteiger partial charge is 0.451 e. The van der Waals surface area contributed by atoms with E-state index in [4.69, 9.17) is 9.72 Å². The molecule has 38 heavy (non-hydrogen) atoms. The number of anilines is 2. The van der Waals surface area contributed by atoms with Crippen LogP contribution in [0.3, 0.4) is 0 Å². The van der Waals surface area contributed by atoms with Crippen LogP contribution in [0.5, 0.6) is 11.8 Å². The van der Waals surface area contributed by atoms with Crippen molar-refractivity contribution in [1.29, 1.82) is 0 Å². The molecule has 6 rings (SSSR count). The Morgan fingerprint density at radius 3 is 2.53 bits per heavy atom. The first kappa shape index (κ1) is 24.9. The third-order valence-electron chi connectivity index (χ3n) is 6.73. The SMILES string of the molecule is CCCc1cc2c(N3CCn4c(nnc4C(F)(F)F)C3)nc(Oc3ccc(N4CCNCC4)cc3)nc2s1. The number of piperazine rings is 1. The molecule has 3 aromatic heterocycles. The van der Waals surface area contributed by atoms with Crippen molar-refractivity contribution in [2.45, 2.75) is 39.0 Å². The molecule has 0 amide bonds. The maximum absolute atomic E-state index is 13.3. The van der Waals surface area contributed by atoms with Crippen LogP contribution in [0.15, 0.2) is 30.3 Å². The van der Waals surface area contributed by atoms with E-state index in [2.05, 4.69) is 38.4 Å². The third kappa shape index (κ3) is 4.87. The van der Waals surface area contributed by atoms with Gasteiger partial charge in [0.15, 0.2) is 5.82 Å². The Kier molecular flexibility index (Phi) is 6.56. The summed E-state index contributed by atoms with van der Waals surface area (Å²) < 4.78 is 47.2. The number of hydrogen-bond donors (Lipinski definition) is 1. The van der Waals surface area contributed by atoms with Crippen LogP contribution in [0.4, 0.5) is 24.7 Å². The fraction of sp³-hybridized carbons (Fsp3) is 0.440. The standard InChI is InChI=1S/C25H27F3N8OS/c1-2-3-18-14-19-21(35-12-13-36-20(15-35)32-33-23(36)25(26,27)28)30-24(31-22(19)38-18)37-17-6-4-16(5-7-17)34-10-8-29-9-11-34/h4-7,14,29H,2-3,8-13,15H2,1H3. The molecule has 0 radical (unpaired) electrons. The van der Waals surface area contributed by atoms with Crippen molar-refractivity contribution < 1.29 is 17.9 Å². The summed E-state index contributed by atoms with van der Waals surface area (Å²) in [6, 6.07) is 10.1. The van der Waals surface area contributed by atoms with E-state index >= 15 is 0 Å². The predicted octanol–water partition coefficient (Wildman–Crippen LogP) is 4.48. The third-order valence-corrected chi connectivity index (χ3v) is 7.82.